The number of carbonyl (C=O) groups excluding carboxylic acids is 3. The fraction of sp³-hybridized carbons (Fsp3) is 0.440. The third-order valence-corrected chi connectivity index (χ3v) is 5.91. The van der Waals surface area contributed by atoms with Gasteiger partial charge in [0.15, 0.2) is 0 Å². The van der Waals surface area contributed by atoms with Gasteiger partial charge in [0, 0.05) is 58.0 Å². The van der Waals surface area contributed by atoms with Gasteiger partial charge in [0.2, 0.25) is 5.91 Å². The molecule has 3 amide bonds. The van der Waals surface area contributed by atoms with Crippen LogP contribution in [0.5, 0.6) is 5.75 Å². The highest BCUT2D eigenvalue weighted by molar-refractivity contribution is 5.98. The molecule has 1 aromatic heterocycles. The number of rotatable bonds is 3. The Kier molecular flexibility index (Phi) is 8.22. The van der Waals surface area contributed by atoms with Crippen LogP contribution in [-0.4, -0.2) is 78.5 Å². The lowest BCUT2D eigenvalue weighted by molar-refractivity contribution is -0.114. The van der Waals surface area contributed by atoms with Crippen molar-refractivity contribution in [2.24, 2.45) is 5.92 Å². The van der Waals surface area contributed by atoms with Crippen LogP contribution in [0.2, 0.25) is 0 Å². The van der Waals surface area contributed by atoms with Crippen molar-refractivity contribution in [3.05, 3.63) is 53.9 Å². The van der Waals surface area contributed by atoms with Crippen LogP contribution in [0.15, 0.2) is 42.6 Å². The van der Waals surface area contributed by atoms with Crippen LogP contribution in [0.4, 0.5) is 5.69 Å². The topological polar surface area (TPSA) is 101 Å². The van der Waals surface area contributed by atoms with Gasteiger partial charge in [0.1, 0.15) is 18.1 Å². The maximum Gasteiger partial charge on any atom is 0.272 e. The van der Waals surface area contributed by atoms with Crippen molar-refractivity contribution >= 4 is 23.4 Å². The lowest BCUT2D eigenvalue weighted by Crippen LogP contribution is -2.48. The number of nitrogens with zero attached hydrogens (tertiary/aromatic N) is 3. The van der Waals surface area contributed by atoms with Gasteiger partial charge in [-0.15, -0.1) is 0 Å². The Morgan fingerprint density at radius 3 is 2.59 bits per heavy atom. The maximum atomic E-state index is 13.4. The molecule has 0 aliphatic carbocycles. The minimum absolute atomic E-state index is 0.0589. The number of anilines is 1. The SMILES string of the molecule is CO[C@H]1CN(C)C(=O)c2ccc(NC(C)=O)cc2OC[C@H](C)N(C(=O)c2ccccn2)C[C@H]1C. The van der Waals surface area contributed by atoms with Crippen molar-refractivity contribution in [3.63, 3.8) is 0 Å². The number of pyridine rings is 1. The molecule has 0 fully saturated rings. The van der Waals surface area contributed by atoms with E-state index in [4.69, 9.17) is 9.47 Å². The quantitative estimate of drug-likeness (QED) is 0.743. The smallest absolute Gasteiger partial charge is 0.272 e. The summed E-state index contributed by atoms with van der Waals surface area (Å²) in [4.78, 5) is 45.6. The first-order valence-electron chi connectivity index (χ1n) is 11.3. The normalized spacial score (nSPS) is 21.6. The molecule has 1 aliphatic rings. The van der Waals surface area contributed by atoms with E-state index in [-0.39, 0.29) is 42.4 Å². The molecule has 0 spiro atoms. The standard InChI is InChI=1S/C25H32N4O5/c1-16-13-29(25(32)21-8-6-7-11-26-21)17(2)15-34-22-12-19(27-18(3)30)9-10-20(22)24(31)28(4)14-23(16)33-5/h6-12,16-17,23H,13-15H2,1-5H3,(H,27,30)/t16-,17+,23+/m1/s1. The molecule has 9 heteroatoms. The fourth-order valence-corrected chi connectivity index (χ4v) is 3.97. The molecule has 0 bridgehead atoms. The predicted molar refractivity (Wildman–Crippen MR) is 128 cm³/mol. The second-order valence-corrected chi connectivity index (χ2v) is 8.66. The van der Waals surface area contributed by atoms with Crippen LogP contribution in [0.1, 0.15) is 41.6 Å². The molecule has 1 aliphatic heterocycles. The largest absolute Gasteiger partial charge is 0.491 e. The van der Waals surface area contributed by atoms with Gasteiger partial charge < -0.3 is 24.6 Å². The van der Waals surface area contributed by atoms with E-state index in [1.165, 1.54) is 6.92 Å². The zero-order valence-electron chi connectivity index (χ0n) is 20.3. The summed E-state index contributed by atoms with van der Waals surface area (Å²) in [6, 6.07) is 9.84. The van der Waals surface area contributed by atoms with Crippen LogP contribution in [0.3, 0.4) is 0 Å². The van der Waals surface area contributed by atoms with Crippen LogP contribution in [0, 0.1) is 5.92 Å². The summed E-state index contributed by atoms with van der Waals surface area (Å²) in [7, 11) is 3.31. The number of hydrogen-bond acceptors (Lipinski definition) is 6. The number of benzene rings is 1. The number of hydrogen-bond donors (Lipinski definition) is 1. The summed E-state index contributed by atoms with van der Waals surface area (Å²) in [5.74, 6) is -0.367. The Labute approximate surface area is 200 Å². The van der Waals surface area contributed by atoms with E-state index < -0.39 is 0 Å². The van der Waals surface area contributed by atoms with Gasteiger partial charge in [-0.05, 0) is 31.2 Å². The van der Waals surface area contributed by atoms with Crippen molar-refractivity contribution in [1.29, 1.82) is 0 Å². The van der Waals surface area contributed by atoms with Crippen LogP contribution in [0.25, 0.3) is 0 Å². The first-order valence-corrected chi connectivity index (χ1v) is 11.3. The second-order valence-electron chi connectivity index (χ2n) is 8.66. The Hall–Kier alpha value is -3.46. The summed E-state index contributed by atoms with van der Waals surface area (Å²) >= 11 is 0. The van der Waals surface area contributed by atoms with Crippen molar-refractivity contribution in [2.45, 2.75) is 32.9 Å². The molecule has 3 atom stereocenters. The molecule has 2 aromatic rings. The number of ether oxygens (including phenoxy) is 2. The zero-order valence-corrected chi connectivity index (χ0v) is 20.3. The highest BCUT2D eigenvalue weighted by Crippen LogP contribution is 2.27. The van der Waals surface area contributed by atoms with Gasteiger partial charge in [-0.1, -0.05) is 13.0 Å². The minimum Gasteiger partial charge on any atom is -0.491 e. The highest BCUT2D eigenvalue weighted by atomic mass is 16.5. The average Bonchev–Trinajstić information content (AvgIpc) is 2.82. The van der Waals surface area contributed by atoms with E-state index in [1.54, 1.807) is 66.6 Å². The predicted octanol–water partition coefficient (Wildman–Crippen LogP) is 2.69. The second kappa shape index (κ2) is 11.1. The van der Waals surface area contributed by atoms with E-state index in [0.29, 0.717) is 35.8 Å². The monoisotopic (exact) mass is 468 g/mol. The van der Waals surface area contributed by atoms with Crippen LogP contribution >= 0.6 is 0 Å². The molecule has 0 unspecified atom stereocenters. The number of methoxy groups -OCH3 is 1. The van der Waals surface area contributed by atoms with Gasteiger partial charge in [-0.25, -0.2) is 0 Å². The van der Waals surface area contributed by atoms with Crippen molar-refractivity contribution in [1.82, 2.24) is 14.8 Å². The average molecular weight is 469 g/mol. The van der Waals surface area contributed by atoms with Crippen molar-refractivity contribution < 1.29 is 23.9 Å². The number of nitrogens with one attached hydrogen (secondary N) is 1. The summed E-state index contributed by atoms with van der Waals surface area (Å²) < 4.78 is 11.8. The number of amides is 3. The number of fused-ring (bicyclic) bond motifs is 1. The fourth-order valence-electron chi connectivity index (χ4n) is 3.97. The Bertz CT molecular complexity index is 1030. The van der Waals surface area contributed by atoms with Crippen LogP contribution in [-0.2, 0) is 9.53 Å². The van der Waals surface area contributed by atoms with Gasteiger partial charge in [0.05, 0.1) is 17.7 Å². The third-order valence-electron chi connectivity index (χ3n) is 5.91. The Morgan fingerprint density at radius 2 is 1.94 bits per heavy atom. The molecule has 2 heterocycles. The molecule has 34 heavy (non-hydrogen) atoms. The zero-order chi connectivity index (χ0) is 24.8. The first kappa shape index (κ1) is 25.2. The van der Waals surface area contributed by atoms with Gasteiger partial charge in [-0.2, -0.15) is 0 Å². The molecule has 3 rings (SSSR count). The van der Waals surface area contributed by atoms with E-state index in [2.05, 4.69) is 10.3 Å². The molecular formula is C25H32N4O5. The maximum absolute atomic E-state index is 13.4. The van der Waals surface area contributed by atoms with Crippen molar-refractivity contribution in [3.8, 4) is 5.75 Å². The Balaban J connectivity index is 2.00. The van der Waals surface area contributed by atoms with Gasteiger partial charge >= 0.3 is 0 Å². The van der Waals surface area contributed by atoms with E-state index in [1.807, 2.05) is 13.8 Å². The molecule has 1 N–H and O–H groups in total. The summed E-state index contributed by atoms with van der Waals surface area (Å²) in [6.07, 6.45) is 1.30. The minimum atomic E-state index is -0.320. The third kappa shape index (κ3) is 5.91. The summed E-state index contributed by atoms with van der Waals surface area (Å²) in [5, 5.41) is 2.71. The molecular weight excluding hydrogens is 436 g/mol. The molecule has 182 valence electrons. The number of carbonyl (C=O) groups is 3. The first-order chi connectivity index (χ1) is 16.2. The molecule has 0 radical (unpaired) electrons. The Morgan fingerprint density at radius 1 is 1.18 bits per heavy atom. The summed E-state index contributed by atoms with van der Waals surface area (Å²) in [6.45, 7) is 6.19. The van der Waals surface area contributed by atoms with Crippen molar-refractivity contribution in [2.75, 3.05) is 39.2 Å². The van der Waals surface area contributed by atoms with E-state index in [0.717, 1.165) is 0 Å². The van der Waals surface area contributed by atoms with E-state index in [9.17, 15) is 14.4 Å². The van der Waals surface area contributed by atoms with Crippen LogP contribution < -0.4 is 10.1 Å². The molecule has 9 nitrogen and oxygen atoms in total. The van der Waals surface area contributed by atoms with Gasteiger partial charge in [-0.3, -0.25) is 19.4 Å². The molecule has 1 aromatic carbocycles. The molecule has 0 saturated carbocycles. The summed E-state index contributed by atoms with van der Waals surface area (Å²) in [5.41, 5.74) is 1.24. The molecule has 0 saturated heterocycles. The number of aromatic nitrogens is 1. The lowest BCUT2D eigenvalue weighted by atomic mass is 10.0. The van der Waals surface area contributed by atoms with Gasteiger partial charge in [0.25, 0.3) is 11.8 Å². The lowest BCUT2D eigenvalue weighted by Gasteiger charge is -2.36. The highest BCUT2D eigenvalue weighted by Gasteiger charge is 2.31. The number of likely N-dealkylation sites (N-methyl/N-ethyl adjacent to an activating group) is 1. The van der Waals surface area contributed by atoms with E-state index >= 15 is 0 Å².